The lowest BCUT2D eigenvalue weighted by Crippen LogP contribution is -2.49. The minimum absolute atomic E-state index is 0.0373. The third-order valence-corrected chi connectivity index (χ3v) is 6.02. The fourth-order valence-corrected chi connectivity index (χ4v) is 4.57. The summed E-state index contributed by atoms with van der Waals surface area (Å²) in [4.78, 5) is 36.4. The molecule has 182 valence electrons. The van der Waals surface area contributed by atoms with Crippen molar-refractivity contribution in [1.29, 1.82) is 0 Å². The normalized spacial score (nSPS) is 13.7. The Labute approximate surface area is 200 Å². The van der Waals surface area contributed by atoms with Crippen molar-refractivity contribution in [2.24, 2.45) is 11.8 Å². The van der Waals surface area contributed by atoms with Gasteiger partial charge in [-0.1, -0.05) is 62.4 Å². The summed E-state index contributed by atoms with van der Waals surface area (Å²) >= 11 is 0. The van der Waals surface area contributed by atoms with Crippen molar-refractivity contribution >= 4 is 18.0 Å². The molecule has 7 nitrogen and oxygen atoms in total. The maximum absolute atomic E-state index is 12.8. The van der Waals surface area contributed by atoms with Crippen LogP contribution in [0.1, 0.15) is 57.6 Å². The summed E-state index contributed by atoms with van der Waals surface area (Å²) in [5.74, 6) is -1.57. The number of carboxylic acids is 1. The Morgan fingerprint density at radius 1 is 1.00 bits per heavy atom. The highest BCUT2D eigenvalue weighted by molar-refractivity contribution is 5.81. The van der Waals surface area contributed by atoms with Crippen LogP contribution in [0.15, 0.2) is 48.5 Å². The van der Waals surface area contributed by atoms with Gasteiger partial charge in [0.25, 0.3) is 0 Å². The monoisotopic (exact) mass is 466 g/mol. The van der Waals surface area contributed by atoms with Crippen LogP contribution < -0.4 is 10.6 Å². The van der Waals surface area contributed by atoms with E-state index >= 15 is 0 Å². The number of carboxylic acid groups (broad SMARTS) is 1. The first-order chi connectivity index (χ1) is 16.1. The first-order valence-electron chi connectivity index (χ1n) is 11.7. The van der Waals surface area contributed by atoms with Crippen LogP contribution in [0.3, 0.4) is 0 Å². The summed E-state index contributed by atoms with van der Waals surface area (Å²) in [7, 11) is 0. The number of carbonyl (C=O) groups excluding carboxylic acids is 2. The molecule has 2 aromatic rings. The highest BCUT2D eigenvalue weighted by atomic mass is 16.5. The van der Waals surface area contributed by atoms with Crippen molar-refractivity contribution < 1.29 is 24.2 Å². The van der Waals surface area contributed by atoms with Crippen molar-refractivity contribution in [3.8, 4) is 11.1 Å². The largest absolute Gasteiger partial charge is 0.481 e. The van der Waals surface area contributed by atoms with Crippen LogP contribution in [0, 0.1) is 11.8 Å². The molecule has 3 rings (SSSR count). The van der Waals surface area contributed by atoms with Gasteiger partial charge in [0, 0.05) is 18.0 Å². The van der Waals surface area contributed by atoms with E-state index in [2.05, 4.69) is 34.9 Å². The molecule has 1 atom stereocenters. The van der Waals surface area contributed by atoms with Crippen molar-refractivity contribution in [3.63, 3.8) is 0 Å². The number of rotatable bonds is 10. The van der Waals surface area contributed by atoms with E-state index < -0.39 is 23.5 Å². The predicted octanol–water partition coefficient (Wildman–Crippen LogP) is 4.56. The highest BCUT2D eigenvalue weighted by Gasteiger charge is 2.30. The van der Waals surface area contributed by atoms with E-state index in [0.29, 0.717) is 6.42 Å². The molecule has 0 aromatic heterocycles. The lowest BCUT2D eigenvalue weighted by Gasteiger charge is -2.28. The van der Waals surface area contributed by atoms with Gasteiger partial charge in [-0.15, -0.1) is 0 Å². The number of nitrogens with one attached hydrogen (secondary N) is 2. The van der Waals surface area contributed by atoms with E-state index in [1.807, 2.05) is 38.1 Å². The zero-order valence-corrected chi connectivity index (χ0v) is 20.3. The number of hydrogen-bond donors (Lipinski definition) is 3. The van der Waals surface area contributed by atoms with Gasteiger partial charge in [-0.2, -0.15) is 0 Å². The first-order valence-corrected chi connectivity index (χ1v) is 11.7. The molecule has 3 N–H and O–H groups in total. The molecular weight excluding hydrogens is 432 g/mol. The first kappa shape index (κ1) is 25.3. The van der Waals surface area contributed by atoms with Crippen molar-refractivity contribution in [1.82, 2.24) is 10.6 Å². The van der Waals surface area contributed by atoms with Crippen LogP contribution >= 0.6 is 0 Å². The number of aliphatic carboxylic acids is 1. The van der Waals surface area contributed by atoms with Gasteiger partial charge in [-0.05, 0) is 48.4 Å². The summed E-state index contributed by atoms with van der Waals surface area (Å²) < 4.78 is 5.57. The van der Waals surface area contributed by atoms with Crippen molar-refractivity contribution in [3.05, 3.63) is 59.7 Å². The minimum atomic E-state index is -0.984. The summed E-state index contributed by atoms with van der Waals surface area (Å²) in [6.07, 6.45) is -0.209. The van der Waals surface area contributed by atoms with E-state index in [1.54, 1.807) is 13.8 Å². The van der Waals surface area contributed by atoms with Crippen LogP contribution in [0.5, 0.6) is 0 Å². The van der Waals surface area contributed by atoms with Crippen LogP contribution in [0.4, 0.5) is 4.79 Å². The van der Waals surface area contributed by atoms with Gasteiger partial charge >= 0.3 is 12.1 Å². The molecule has 0 radical (unpaired) electrons. The lowest BCUT2D eigenvalue weighted by molar-refractivity contribution is -0.139. The highest BCUT2D eigenvalue weighted by Crippen LogP contribution is 2.44. The summed E-state index contributed by atoms with van der Waals surface area (Å²) in [6, 6.07) is 16.3. The molecule has 0 bridgehead atoms. The SMILES string of the molecule is CC(C)CC(CNC(=O)OCC1c2ccccc2-c2ccccc21)C(=O)NC(C)(C)CC(=O)O. The Kier molecular flexibility index (Phi) is 7.97. The third-order valence-electron chi connectivity index (χ3n) is 6.02. The molecular formula is C27H34N2O5. The average Bonchev–Trinajstić information content (AvgIpc) is 3.07. The Hall–Kier alpha value is -3.35. The van der Waals surface area contributed by atoms with E-state index in [4.69, 9.17) is 9.84 Å². The molecule has 0 saturated carbocycles. The van der Waals surface area contributed by atoms with Crippen LogP contribution in [-0.2, 0) is 14.3 Å². The number of alkyl carbamates (subject to hydrolysis) is 1. The maximum atomic E-state index is 12.8. The Bertz CT molecular complexity index is 1000. The summed E-state index contributed by atoms with van der Waals surface area (Å²) in [5, 5.41) is 14.6. The smallest absolute Gasteiger partial charge is 0.407 e. The molecule has 0 fully saturated rings. The van der Waals surface area contributed by atoms with Crippen LogP contribution in [0.2, 0.25) is 0 Å². The summed E-state index contributed by atoms with van der Waals surface area (Å²) in [5.41, 5.74) is 3.69. The lowest BCUT2D eigenvalue weighted by atomic mass is 9.93. The van der Waals surface area contributed by atoms with Gasteiger partial charge in [-0.25, -0.2) is 4.79 Å². The molecule has 1 aliphatic carbocycles. The molecule has 0 heterocycles. The number of amides is 2. The zero-order chi connectivity index (χ0) is 24.9. The van der Waals surface area contributed by atoms with E-state index in [0.717, 1.165) is 22.3 Å². The Morgan fingerprint density at radius 3 is 2.09 bits per heavy atom. The van der Waals surface area contributed by atoms with Crippen LogP contribution in [-0.4, -0.2) is 41.8 Å². The average molecular weight is 467 g/mol. The standard InChI is InChI=1S/C27H34N2O5/c1-17(2)13-18(25(32)29-27(3,4)14-24(30)31)15-28-26(33)34-16-23-21-11-7-5-9-19(21)20-10-6-8-12-22(20)23/h5-12,17-18,23H,13-16H2,1-4H3,(H,28,33)(H,29,32)(H,30,31). The van der Waals surface area contributed by atoms with Gasteiger partial charge in [-0.3, -0.25) is 9.59 Å². The zero-order valence-electron chi connectivity index (χ0n) is 20.3. The topological polar surface area (TPSA) is 105 Å². The van der Waals surface area contributed by atoms with Gasteiger partial charge in [0.1, 0.15) is 6.61 Å². The second-order valence-electron chi connectivity index (χ2n) is 9.98. The Balaban J connectivity index is 1.59. The van der Waals surface area contributed by atoms with Gasteiger partial charge < -0.3 is 20.5 Å². The van der Waals surface area contributed by atoms with Crippen molar-refractivity contribution in [2.45, 2.75) is 52.0 Å². The molecule has 1 aliphatic rings. The second kappa shape index (κ2) is 10.7. The van der Waals surface area contributed by atoms with Gasteiger partial charge in [0.05, 0.1) is 12.3 Å². The predicted molar refractivity (Wildman–Crippen MR) is 130 cm³/mol. The van der Waals surface area contributed by atoms with E-state index in [-0.39, 0.29) is 37.3 Å². The number of carbonyl (C=O) groups is 3. The quantitative estimate of drug-likeness (QED) is 0.476. The maximum Gasteiger partial charge on any atom is 0.407 e. The number of benzene rings is 2. The number of fused-ring (bicyclic) bond motifs is 3. The number of hydrogen-bond acceptors (Lipinski definition) is 4. The van der Waals surface area contributed by atoms with E-state index in [1.165, 1.54) is 0 Å². The van der Waals surface area contributed by atoms with E-state index in [9.17, 15) is 14.4 Å². The summed E-state index contributed by atoms with van der Waals surface area (Å²) in [6.45, 7) is 7.65. The fourth-order valence-electron chi connectivity index (χ4n) is 4.57. The Morgan fingerprint density at radius 2 is 1.56 bits per heavy atom. The molecule has 0 spiro atoms. The molecule has 0 aliphatic heterocycles. The van der Waals surface area contributed by atoms with Crippen LogP contribution in [0.25, 0.3) is 11.1 Å². The van der Waals surface area contributed by atoms with Crippen molar-refractivity contribution in [2.75, 3.05) is 13.2 Å². The fraction of sp³-hybridized carbons (Fsp3) is 0.444. The van der Waals surface area contributed by atoms with Gasteiger partial charge in [0.15, 0.2) is 0 Å². The molecule has 1 unspecified atom stereocenters. The molecule has 2 aromatic carbocycles. The third kappa shape index (κ3) is 6.37. The molecule has 0 saturated heterocycles. The van der Waals surface area contributed by atoms with Gasteiger partial charge in [0.2, 0.25) is 5.91 Å². The second-order valence-corrected chi connectivity index (χ2v) is 9.98. The number of ether oxygens (including phenoxy) is 1. The molecule has 2 amide bonds. The molecule has 7 heteroatoms. The minimum Gasteiger partial charge on any atom is -0.481 e. The molecule has 34 heavy (non-hydrogen) atoms.